The van der Waals surface area contributed by atoms with E-state index in [0.29, 0.717) is 27.2 Å². The first kappa shape index (κ1) is 15.8. The third kappa shape index (κ3) is 4.70. The molecule has 0 spiro atoms. The van der Waals surface area contributed by atoms with Crippen LogP contribution in [0, 0.1) is 0 Å². The summed E-state index contributed by atoms with van der Waals surface area (Å²) in [6, 6.07) is 12.0. The quantitative estimate of drug-likeness (QED) is 0.798. The average Bonchev–Trinajstić information content (AvgIpc) is 2.48. The molecule has 21 heavy (non-hydrogen) atoms. The fraction of sp³-hybridized carbons (Fsp3) is 0.200. The Morgan fingerprint density at radius 1 is 1.00 bits per heavy atom. The highest BCUT2D eigenvalue weighted by atomic mass is 35.5. The lowest BCUT2D eigenvalue weighted by atomic mass is 10.3. The first-order chi connectivity index (χ1) is 10.1. The molecule has 2 aromatic carbocycles. The lowest BCUT2D eigenvalue weighted by Gasteiger charge is -2.14. The standard InChI is InChI=1S/C15H15Cl2NO3/c16-13-2-1-3-14(15(13)17)21-9-11(19)8-20-12-6-4-10(18)5-7-12/h1-7,11,19H,8-9,18H2. The molecule has 0 aliphatic heterocycles. The maximum Gasteiger partial charge on any atom is 0.139 e. The molecule has 2 aromatic rings. The minimum Gasteiger partial charge on any atom is -0.491 e. The summed E-state index contributed by atoms with van der Waals surface area (Å²) < 4.78 is 10.8. The van der Waals surface area contributed by atoms with Crippen molar-refractivity contribution in [1.82, 2.24) is 0 Å². The summed E-state index contributed by atoms with van der Waals surface area (Å²) in [7, 11) is 0. The van der Waals surface area contributed by atoms with Gasteiger partial charge < -0.3 is 20.3 Å². The van der Waals surface area contributed by atoms with Crippen LogP contribution in [0.1, 0.15) is 0 Å². The fourth-order valence-electron chi connectivity index (χ4n) is 1.59. The van der Waals surface area contributed by atoms with Crippen molar-refractivity contribution >= 4 is 28.9 Å². The van der Waals surface area contributed by atoms with Crippen LogP contribution in [-0.2, 0) is 0 Å². The van der Waals surface area contributed by atoms with Gasteiger partial charge in [-0.05, 0) is 36.4 Å². The molecule has 3 N–H and O–H groups in total. The molecule has 112 valence electrons. The fourth-order valence-corrected chi connectivity index (χ4v) is 1.93. The number of hydrogen-bond acceptors (Lipinski definition) is 4. The second-order valence-corrected chi connectivity index (χ2v) is 5.18. The molecular formula is C15H15Cl2NO3. The van der Waals surface area contributed by atoms with Crippen LogP contribution in [0.3, 0.4) is 0 Å². The summed E-state index contributed by atoms with van der Waals surface area (Å²) >= 11 is 11.9. The third-order valence-electron chi connectivity index (χ3n) is 2.67. The zero-order chi connectivity index (χ0) is 15.2. The number of aliphatic hydroxyl groups is 1. The number of benzene rings is 2. The lowest BCUT2D eigenvalue weighted by molar-refractivity contribution is 0.0627. The molecule has 0 amide bonds. The topological polar surface area (TPSA) is 64.7 Å². The predicted octanol–water partition coefficient (Wildman–Crippen LogP) is 3.39. The van der Waals surface area contributed by atoms with Crippen LogP contribution < -0.4 is 15.2 Å². The van der Waals surface area contributed by atoms with E-state index >= 15 is 0 Å². The lowest BCUT2D eigenvalue weighted by Crippen LogP contribution is -2.25. The van der Waals surface area contributed by atoms with Crippen molar-refractivity contribution in [3.05, 3.63) is 52.5 Å². The van der Waals surface area contributed by atoms with Gasteiger partial charge >= 0.3 is 0 Å². The van der Waals surface area contributed by atoms with Gasteiger partial charge in [-0.15, -0.1) is 0 Å². The first-order valence-corrected chi connectivity index (χ1v) is 7.05. The van der Waals surface area contributed by atoms with Crippen LogP contribution in [0.5, 0.6) is 11.5 Å². The highest BCUT2D eigenvalue weighted by Crippen LogP contribution is 2.31. The van der Waals surface area contributed by atoms with E-state index in [2.05, 4.69) is 0 Å². The Morgan fingerprint density at radius 2 is 1.67 bits per heavy atom. The van der Waals surface area contributed by atoms with E-state index in [1.54, 1.807) is 42.5 Å². The van der Waals surface area contributed by atoms with E-state index in [0.717, 1.165) is 0 Å². The van der Waals surface area contributed by atoms with E-state index in [9.17, 15) is 5.11 Å². The number of halogens is 2. The van der Waals surface area contributed by atoms with Gasteiger partial charge in [-0.2, -0.15) is 0 Å². The van der Waals surface area contributed by atoms with Crippen LogP contribution >= 0.6 is 23.2 Å². The number of nitrogens with two attached hydrogens (primary N) is 1. The van der Waals surface area contributed by atoms with Crippen molar-refractivity contribution in [3.63, 3.8) is 0 Å². The van der Waals surface area contributed by atoms with Gasteiger partial charge in [0.05, 0.1) is 5.02 Å². The zero-order valence-corrected chi connectivity index (χ0v) is 12.6. The molecule has 1 atom stereocenters. The number of nitrogen functional groups attached to an aromatic ring is 1. The van der Waals surface area contributed by atoms with Gasteiger partial charge in [0.2, 0.25) is 0 Å². The second kappa shape index (κ2) is 7.41. The molecule has 0 saturated carbocycles. The summed E-state index contributed by atoms with van der Waals surface area (Å²) in [5.41, 5.74) is 6.23. The minimum absolute atomic E-state index is 0.0506. The summed E-state index contributed by atoms with van der Waals surface area (Å²) in [6.45, 7) is 0.150. The molecule has 0 aliphatic rings. The van der Waals surface area contributed by atoms with Crippen LogP contribution in [0.4, 0.5) is 5.69 Å². The molecule has 0 bridgehead atoms. The minimum atomic E-state index is -0.794. The number of ether oxygens (including phenoxy) is 2. The average molecular weight is 328 g/mol. The monoisotopic (exact) mass is 327 g/mol. The van der Waals surface area contributed by atoms with Crippen molar-refractivity contribution in [2.24, 2.45) is 0 Å². The van der Waals surface area contributed by atoms with Crippen molar-refractivity contribution < 1.29 is 14.6 Å². The predicted molar refractivity (Wildman–Crippen MR) is 84.3 cm³/mol. The summed E-state index contributed by atoms with van der Waals surface area (Å²) in [5, 5.41) is 10.6. The molecule has 2 rings (SSSR count). The molecule has 0 saturated heterocycles. The Hall–Kier alpha value is -1.62. The Kier molecular flexibility index (Phi) is 5.56. The van der Waals surface area contributed by atoms with Gasteiger partial charge in [0, 0.05) is 5.69 Å². The SMILES string of the molecule is Nc1ccc(OCC(O)COc2cccc(Cl)c2Cl)cc1. The number of aliphatic hydroxyl groups excluding tert-OH is 1. The number of hydrogen-bond donors (Lipinski definition) is 2. The van der Waals surface area contributed by atoms with E-state index < -0.39 is 6.10 Å². The second-order valence-electron chi connectivity index (χ2n) is 4.40. The third-order valence-corrected chi connectivity index (χ3v) is 3.47. The van der Waals surface area contributed by atoms with E-state index in [1.165, 1.54) is 0 Å². The maximum absolute atomic E-state index is 9.84. The van der Waals surface area contributed by atoms with Crippen LogP contribution in [0.25, 0.3) is 0 Å². The van der Waals surface area contributed by atoms with Crippen molar-refractivity contribution in [3.8, 4) is 11.5 Å². The Balaban J connectivity index is 1.80. The molecule has 4 nitrogen and oxygen atoms in total. The molecule has 0 fully saturated rings. The van der Waals surface area contributed by atoms with Crippen LogP contribution in [0.2, 0.25) is 10.0 Å². The summed E-state index contributed by atoms with van der Waals surface area (Å²) in [4.78, 5) is 0. The van der Waals surface area contributed by atoms with Crippen LogP contribution in [0.15, 0.2) is 42.5 Å². The summed E-state index contributed by atoms with van der Waals surface area (Å²) in [6.07, 6.45) is -0.794. The van der Waals surface area contributed by atoms with E-state index in [1.807, 2.05) is 0 Å². The Morgan fingerprint density at radius 3 is 2.38 bits per heavy atom. The Bertz CT molecular complexity index is 590. The molecule has 0 aliphatic carbocycles. The Labute approximate surface area is 133 Å². The number of rotatable bonds is 6. The van der Waals surface area contributed by atoms with E-state index in [-0.39, 0.29) is 13.2 Å². The van der Waals surface area contributed by atoms with Gasteiger partial charge in [-0.3, -0.25) is 0 Å². The van der Waals surface area contributed by atoms with E-state index in [4.69, 9.17) is 38.4 Å². The molecule has 0 aromatic heterocycles. The van der Waals surface area contributed by atoms with Gasteiger partial charge in [0.15, 0.2) is 0 Å². The van der Waals surface area contributed by atoms with Crippen molar-refractivity contribution in [2.45, 2.75) is 6.10 Å². The molecule has 6 heteroatoms. The van der Waals surface area contributed by atoms with Gasteiger partial charge in [-0.25, -0.2) is 0 Å². The van der Waals surface area contributed by atoms with Crippen molar-refractivity contribution in [2.75, 3.05) is 18.9 Å². The molecular weight excluding hydrogens is 313 g/mol. The first-order valence-electron chi connectivity index (χ1n) is 6.29. The van der Waals surface area contributed by atoms with Crippen LogP contribution in [-0.4, -0.2) is 24.4 Å². The zero-order valence-electron chi connectivity index (χ0n) is 11.1. The van der Waals surface area contributed by atoms with Gasteiger partial charge in [-0.1, -0.05) is 29.3 Å². The van der Waals surface area contributed by atoms with Gasteiger partial charge in [0.25, 0.3) is 0 Å². The summed E-state index contributed by atoms with van der Waals surface area (Å²) in [5.74, 6) is 1.06. The number of anilines is 1. The largest absolute Gasteiger partial charge is 0.491 e. The highest BCUT2D eigenvalue weighted by molar-refractivity contribution is 6.42. The maximum atomic E-state index is 9.84. The smallest absolute Gasteiger partial charge is 0.139 e. The normalized spacial score (nSPS) is 12.0. The highest BCUT2D eigenvalue weighted by Gasteiger charge is 2.10. The molecule has 0 radical (unpaired) electrons. The molecule has 0 heterocycles. The van der Waals surface area contributed by atoms with Gasteiger partial charge in [0.1, 0.15) is 35.8 Å². The molecule has 1 unspecified atom stereocenters. The van der Waals surface area contributed by atoms with Crippen molar-refractivity contribution in [1.29, 1.82) is 0 Å².